The van der Waals surface area contributed by atoms with Gasteiger partial charge in [-0.25, -0.2) is 4.98 Å². The molecule has 0 bridgehead atoms. The van der Waals surface area contributed by atoms with Crippen molar-refractivity contribution in [3.05, 3.63) is 30.6 Å². The number of fused-ring (bicyclic) bond motifs is 1. The second kappa shape index (κ2) is 16.7. The summed E-state index contributed by atoms with van der Waals surface area (Å²) in [5.74, 6) is 0. The summed E-state index contributed by atoms with van der Waals surface area (Å²) in [4.78, 5) is 4.49. The van der Waals surface area contributed by atoms with Gasteiger partial charge in [0.25, 0.3) is 0 Å². The van der Waals surface area contributed by atoms with Crippen molar-refractivity contribution in [2.75, 3.05) is 27.2 Å². The minimum atomic E-state index is 0. The van der Waals surface area contributed by atoms with E-state index < -0.39 is 0 Å². The monoisotopic (exact) mass is 493 g/mol. The van der Waals surface area contributed by atoms with Crippen molar-refractivity contribution in [1.29, 1.82) is 0 Å². The van der Waals surface area contributed by atoms with E-state index in [1.165, 1.54) is 113 Å². The molecule has 1 heterocycles. The van der Waals surface area contributed by atoms with Crippen LogP contribution in [0.5, 0.6) is 0 Å². The van der Waals surface area contributed by atoms with Gasteiger partial charge >= 0.3 is 0 Å². The van der Waals surface area contributed by atoms with E-state index in [1.807, 2.05) is 6.33 Å². The maximum Gasteiger partial charge on any atom is 0.0958 e. The number of benzene rings is 1. The van der Waals surface area contributed by atoms with Gasteiger partial charge in [0, 0.05) is 6.54 Å². The Kier molecular flexibility index (Phi) is 15.2. The average molecular weight is 495 g/mol. The predicted molar refractivity (Wildman–Crippen MR) is 132 cm³/mol. The number of aryl methyl sites for hydroxylation is 1. The summed E-state index contributed by atoms with van der Waals surface area (Å²) in [5, 5.41) is 0. The van der Waals surface area contributed by atoms with Crippen LogP contribution in [0.3, 0.4) is 0 Å². The van der Waals surface area contributed by atoms with Gasteiger partial charge in [-0.3, -0.25) is 0 Å². The van der Waals surface area contributed by atoms with Crippen molar-refractivity contribution in [3.8, 4) is 0 Å². The quantitative estimate of drug-likeness (QED) is 0.219. The number of hydrogen-bond acceptors (Lipinski definition) is 1. The van der Waals surface area contributed by atoms with E-state index in [0.29, 0.717) is 0 Å². The number of unbranched alkanes of at least 4 members (excludes halogenated alkanes) is 12. The molecule has 3 nitrogen and oxygen atoms in total. The highest BCUT2D eigenvalue weighted by molar-refractivity contribution is 5.74. The first-order chi connectivity index (χ1) is 14.6. The first kappa shape index (κ1) is 28.2. The van der Waals surface area contributed by atoms with Crippen molar-refractivity contribution in [2.45, 2.75) is 103 Å². The molecule has 0 saturated carbocycles. The molecule has 2 rings (SSSR count). The number of rotatable bonds is 18. The topological polar surface area (TPSA) is 17.8 Å². The summed E-state index contributed by atoms with van der Waals surface area (Å²) in [7, 11) is 4.84. The lowest BCUT2D eigenvalue weighted by molar-refractivity contribution is -0.890. The third kappa shape index (κ3) is 12.1. The molecule has 31 heavy (non-hydrogen) atoms. The average Bonchev–Trinajstić information content (AvgIpc) is 3.15. The fraction of sp³-hybridized carbons (Fsp3) is 0.741. The van der Waals surface area contributed by atoms with Crippen LogP contribution in [0.1, 0.15) is 96.8 Å². The largest absolute Gasteiger partial charge is 1.00 e. The number of aromatic nitrogens is 2. The van der Waals surface area contributed by atoms with E-state index in [4.69, 9.17) is 0 Å². The Balaban J connectivity index is 0.00000480. The molecule has 0 aliphatic rings. The molecule has 0 spiro atoms. The van der Waals surface area contributed by atoms with Crippen molar-refractivity contribution in [1.82, 2.24) is 9.55 Å². The van der Waals surface area contributed by atoms with Crippen molar-refractivity contribution < 1.29 is 21.5 Å². The fourth-order valence-electron chi connectivity index (χ4n) is 4.50. The number of para-hydroxylation sites is 2. The molecule has 0 aliphatic heterocycles. The van der Waals surface area contributed by atoms with Gasteiger partial charge in [-0.1, -0.05) is 76.8 Å². The highest BCUT2D eigenvalue weighted by Gasteiger charge is 2.13. The van der Waals surface area contributed by atoms with E-state index in [1.54, 1.807) is 0 Å². The zero-order chi connectivity index (χ0) is 21.5. The molecule has 0 N–H and O–H groups in total. The highest BCUT2D eigenvalue weighted by atomic mass is 79.9. The number of quaternary nitrogens is 1. The van der Waals surface area contributed by atoms with E-state index in [2.05, 4.69) is 54.8 Å². The molecule has 178 valence electrons. The third-order valence-corrected chi connectivity index (χ3v) is 6.56. The molecule has 0 amide bonds. The van der Waals surface area contributed by atoms with Crippen LogP contribution in [-0.4, -0.2) is 41.2 Å². The SMILES string of the molecule is CCCCCCCCCCCC[N+](C)(C)CCCCCCn1cnc2ccccc21.[Br-]. The van der Waals surface area contributed by atoms with Crippen LogP contribution in [0.2, 0.25) is 0 Å². The standard InChI is InChI=1S/C27H48N3.BrH/c1-4-5-6-7-8-9-10-11-13-18-23-30(2,3)24-19-14-12-17-22-29-25-28-26-20-15-16-21-27(26)29;/h15-16,20-21,25H,4-14,17-19,22-24H2,1-3H3;1H/q+1;/p-1. The maximum atomic E-state index is 4.49. The first-order valence-corrected chi connectivity index (χ1v) is 12.8. The van der Waals surface area contributed by atoms with E-state index in [9.17, 15) is 0 Å². The lowest BCUT2D eigenvalue weighted by Gasteiger charge is -2.30. The van der Waals surface area contributed by atoms with Gasteiger partial charge in [0.05, 0.1) is 44.5 Å². The Bertz CT molecular complexity index is 680. The molecule has 4 heteroatoms. The molecule has 0 radical (unpaired) electrons. The van der Waals surface area contributed by atoms with Gasteiger partial charge in [-0.2, -0.15) is 0 Å². The lowest BCUT2D eigenvalue weighted by atomic mass is 10.1. The van der Waals surface area contributed by atoms with Crippen LogP contribution >= 0.6 is 0 Å². The van der Waals surface area contributed by atoms with Crippen LogP contribution in [0, 0.1) is 0 Å². The lowest BCUT2D eigenvalue weighted by Crippen LogP contribution is -3.00. The Labute approximate surface area is 203 Å². The van der Waals surface area contributed by atoms with Crippen molar-refractivity contribution in [3.63, 3.8) is 0 Å². The summed E-state index contributed by atoms with van der Waals surface area (Å²) in [6, 6.07) is 8.45. The molecule has 0 unspecified atom stereocenters. The molecule has 0 atom stereocenters. The third-order valence-electron chi connectivity index (χ3n) is 6.56. The molecule has 1 aromatic carbocycles. The zero-order valence-corrected chi connectivity index (χ0v) is 22.2. The summed E-state index contributed by atoms with van der Waals surface area (Å²) < 4.78 is 3.50. The second-order valence-corrected chi connectivity index (χ2v) is 9.91. The fourth-order valence-corrected chi connectivity index (χ4v) is 4.50. The summed E-state index contributed by atoms with van der Waals surface area (Å²) in [6.07, 6.45) is 21.6. The minimum absolute atomic E-state index is 0. The Morgan fingerprint density at radius 2 is 1.23 bits per heavy atom. The van der Waals surface area contributed by atoms with Gasteiger partial charge < -0.3 is 26.0 Å². The van der Waals surface area contributed by atoms with Crippen molar-refractivity contribution >= 4 is 11.0 Å². The number of nitrogens with zero attached hydrogens (tertiary/aromatic N) is 3. The minimum Gasteiger partial charge on any atom is -1.00 e. The van der Waals surface area contributed by atoms with Crippen LogP contribution in [0.25, 0.3) is 11.0 Å². The molecule has 1 aromatic heterocycles. The van der Waals surface area contributed by atoms with Gasteiger partial charge in [0.2, 0.25) is 0 Å². The van der Waals surface area contributed by atoms with Gasteiger partial charge in [0.1, 0.15) is 0 Å². The normalized spacial score (nSPS) is 11.7. The van der Waals surface area contributed by atoms with E-state index in [-0.39, 0.29) is 17.0 Å². The van der Waals surface area contributed by atoms with Gasteiger partial charge in [0.15, 0.2) is 0 Å². The Morgan fingerprint density at radius 1 is 0.710 bits per heavy atom. The molecule has 0 fully saturated rings. The van der Waals surface area contributed by atoms with Crippen molar-refractivity contribution in [2.24, 2.45) is 0 Å². The summed E-state index contributed by atoms with van der Waals surface area (Å²) in [5.41, 5.74) is 2.38. The van der Waals surface area contributed by atoms with E-state index >= 15 is 0 Å². The number of imidazole rings is 1. The number of hydrogen-bond donors (Lipinski definition) is 0. The van der Waals surface area contributed by atoms with Crippen LogP contribution in [0.4, 0.5) is 0 Å². The molecule has 0 aliphatic carbocycles. The smallest absolute Gasteiger partial charge is 0.0958 e. The van der Waals surface area contributed by atoms with Crippen LogP contribution in [-0.2, 0) is 6.54 Å². The van der Waals surface area contributed by atoms with Gasteiger partial charge in [-0.15, -0.1) is 0 Å². The van der Waals surface area contributed by atoms with E-state index in [0.717, 1.165) is 12.1 Å². The Hall–Kier alpha value is -0.870. The molecular weight excluding hydrogens is 446 g/mol. The molecule has 0 saturated heterocycles. The highest BCUT2D eigenvalue weighted by Crippen LogP contribution is 2.15. The summed E-state index contributed by atoms with van der Waals surface area (Å²) >= 11 is 0. The summed E-state index contributed by atoms with van der Waals surface area (Å²) in [6.45, 7) is 6.06. The number of halogens is 1. The Morgan fingerprint density at radius 3 is 1.84 bits per heavy atom. The predicted octanol–water partition coefficient (Wildman–Crippen LogP) is 4.60. The zero-order valence-electron chi connectivity index (χ0n) is 20.6. The molecular formula is C27H48BrN3. The maximum absolute atomic E-state index is 4.49. The second-order valence-electron chi connectivity index (χ2n) is 9.91. The van der Waals surface area contributed by atoms with Gasteiger partial charge in [-0.05, 0) is 44.2 Å². The first-order valence-electron chi connectivity index (χ1n) is 12.8. The van der Waals surface area contributed by atoms with Crippen LogP contribution < -0.4 is 17.0 Å². The van der Waals surface area contributed by atoms with Crippen LogP contribution in [0.15, 0.2) is 30.6 Å². The molecule has 2 aromatic rings.